The zero-order chi connectivity index (χ0) is 17.8. The molecule has 1 aliphatic heterocycles. The van der Waals surface area contributed by atoms with Crippen molar-refractivity contribution in [3.05, 3.63) is 53.2 Å². The summed E-state index contributed by atoms with van der Waals surface area (Å²) in [5, 5.41) is 11.9. The molecule has 1 aromatic carbocycles. The van der Waals surface area contributed by atoms with Crippen molar-refractivity contribution in [3.63, 3.8) is 0 Å². The standard InChI is InChI=1S/C18H18N2O5/c1-11-2-3-13(9-15(11)18(22)23)20-17(21)12-4-6-19-16(8-12)25-14-5-7-24-10-14/h2-4,6,8-9,14H,5,7,10H2,1H3,(H,20,21)(H,22,23). The average Bonchev–Trinajstić information content (AvgIpc) is 3.09. The van der Waals surface area contributed by atoms with E-state index < -0.39 is 5.97 Å². The highest BCUT2D eigenvalue weighted by Gasteiger charge is 2.18. The van der Waals surface area contributed by atoms with Crippen molar-refractivity contribution in [2.45, 2.75) is 19.4 Å². The van der Waals surface area contributed by atoms with Gasteiger partial charge >= 0.3 is 5.97 Å². The molecule has 3 rings (SSSR count). The van der Waals surface area contributed by atoms with E-state index in [0.717, 1.165) is 6.42 Å². The molecule has 7 heteroatoms. The Morgan fingerprint density at radius 2 is 2.16 bits per heavy atom. The van der Waals surface area contributed by atoms with Gasteiger partial charge in [0.2, 0.25) is 5.88 Å². The van der Waals surface area contributed by atoms with Crippen LogP contribution in [-0.4, -0.2) is 41.3 Å². The minimum Gasteiger partial charge on any atom is -0.478 e. The molecule has 0 saturated carbocycles. The molecule has 1 atom stereocenters. The second kappa shape index (κ2) is 7.31. The molecule has 0 bridgehead atoms. The highest BCUT2D eigenvalue weighted by molar-refractivity contribution is 6.05. The highest BCUT2D eigenvalue weighted by atomic mass is 16.5. The number of nitrogens with zero attached hydrogens (tertiary/aromatic N) is 1. The van der Waals surface area contributed by atoms with Crippen molar-refractivity contribution in [1.82, 2.24) is 4.98 Å². The molecule has 130 valence electrons. The summed E-state index contributed by atoms with van der Waals surface area (Å²) in [6, 6.07) is 7.87. The van der Waals surface area contributed by atoms with Gasteiger partial charge in [0, 0.05) is 29.9 Å². The molecular weight excluding hydrogens is 324 g/mol. The topological polar surface area (TPSA) is 97.8 Å². The van der Waals surface area contributed by atoms with Gasteiger partial charge in [-0.05, 0) is 30.7 Å². The van der Waals surface area contributed by atoms with Crippen LogP contribution in [0.15, 0.2) is 36.5 Å². The number of carbonyl (C=O) groups excluding carboxylic acids is 1. The maximum atomic E-state index is 12.4. The molecular formula is C18H18N2O5. The number of carboxylic acids is 1. The Kier molecular flexibility index (Phi) is 4.95. The lowest BCUT2D eigenvalue weighted by atomic mass is 10.1. The average molecular weight is 342 g/mol. The Labute approximate surface area is 144 Å². The molecule has 0 aliphatic carbocycles. The third-order valence-corrected chi connectivity index (χ3v) is 3.90. The van der Waals surface area contributed by atoms with E-state index in [4.69, 9.17) is 14.6 Å². The van der Waals surface area contributed by atoms with E-state index in [2.05, 4.69) is 10.3 Å². The Balaban J connectivity index is 1.72. The van der Waals surface area contributed by atoms with E-state index in [0.29, 0.717) is 35.9 Å². The Bertz CT molecular complexity index is 800. The van der Waals surface area contributed by atoms with Gasteiger partial charge < -0.3 is 19.9 Å². The summed E-state index contributed by atoms with van der Waals surface area (Å²) >= 11 is 0. The Morgan fingerprint density at radius 3 is 2.88 bits per heavy atom. The van der Waals surface area contributed by atoms with Gasteiger partial charge in [-0.1, -0.05) is 6.07 Å². The lowest BCUT2D eigenvalue weighted by Gasteiger charge is -2.12. The number of ether oxygens (including phenoxy) is 2. The second-order valence-electron chi connectivity index (χ2n) is 5.78. The number of aryl methyl sites for hydroxylation is 1. The van der Waals surface area contributed by atoms with Crippen LogP contribution in [0.1, 0.15) is 32.7 Å². The fourth-order valence-electron chi connectivity index (χ4n) is 2.53. The van der Waals surface area contributed by atoms with Gasteiger partial charge in [-0.15, -0.1) is 0 Å². The van der Waals surface area contributed by atoms with Gasteiger partial charge in [-0.25, -0.2) is 9.78 Å². The van der Waals surface area contributed by atoms with Gasteiger partial charge in [0.15, 0.2) is 0 Å². The number of anilines is 1. The molecule has 1 amide bonds. The lowest BCUT2D eigenvalue weighted by molar-refractivity contribution is 0.0695. The molecule has 1 aliphatic rings. The molecule has 7 nitrogen and oxygen atoms in total. The van der Waals surface area contributed by atoms with Gasteiger partial charge in [0.1, 0.15) is 6.10 Å². The van der Waals surface area contributed by atoms with Crippen LogP contribution in [0, 0.1) is 6.92 Å². The minimum atomic E-state index is -1.04. The number of hydrogen-bond donors (Lipinski definition) is 2. The third-order valence-electron chi connectivity index (χ3n) is 3.90. The van der Waals surface area contributed by atoms with Crippen molar-refractivity contribution in [2.75, 3.05) is 18.5 Å². The van der Waals surface area contributed by atoms with Crippen LogP contribution in [0.4, 0.5) is 5.69 Å². The smallest absolute Gasteiger partial charge is 0.336 e. The number of hydrogen-bond acceptors (Lipinski definition) is 5. The first-order chi connectivity index (χ1) is 12.0. The van der Waals surface area contributed by atoms with E-state index in [1.54, 1.807) is 31.2 Å². The first-order valence-electron chi connectivity index (χ1n) is 7.88. The van der Waals surface area contributed by atoms with E-state index >= 15 is 0 Å². The number of rotatable bonds is 5. The molecule has 2 N–H and O–H groups in total. The summed E-state index contributed by atoms with van der Waals surface area (Å²) in [7, 11) is 0. The van der Waals surface area contributed by atoms with Crippen LogP contribution in [0.2, 0.25) is 0 Å². The van der Waals surface area contributed by atoms with Crippen molar-refractivity contribution in [1.29, 1.82) is 0 Å². The second-order valence-corrected chi connectivity index (χ2v) is 5.78. The predicted molar refractivity (Wildman–Crippen MR) is 90.2 cm³/mol. The van der Waals surface area contributed by atoms with Crippen molar-refractivity contribution < 1.29 is 24.2 Å². The van der Waals surface area contributed by atoms with Crippen LogP contribution in [0.5, 0.6) is 5.88 Å². The molecule has 1 saturated heterocycles. The van der Waals surface area contributed by atoms with Gasteiger partial charge in [0.05, 0.1) is 18.8 Å². The van der Waals surface area contributed by atoms with Crippen LogP contribution < -0.4 is 10.1 Å². The Morgan fingerprint density at radius 1 is 1.32 bits per heavy atom. The van der Waals surface area contributed by atoms with E-state index in [9.17, 15) is 9.59 Å². The van der Waals surface area contributed by atoms with Crippen LogP contribution in [0.3, 0.4) is 0 Å². The van der Waals surface area contributed by atoms with Gasteiger partial charge in [-0.3, -0.25) is 4.79 Å². The largest absolute Gasteiger partial charge is 0.478 e. The molecule has 1 unspecified atom stereocenters. The number of nitrogens with one attached hydrogen (secondary N) is 1. The number of aromatic nitrogens is 1. The van der Waals surface area contributed by atoms with Crippen LogP contribution in [-0.2, 0) is 4.74 Å². The number of carboxylic acid groups (broad SMARTS) is 1. The maximum absolute atomic E-state index is 12.4. The molecule has 1 aromatic heterocycles. The monoisotopic (exact) mass is 342 g/mol. The van der Waals surface area contributed by atoms with E-state index in [1.165, 1.54) is 12.3 Å². The third kappa shape index (κ3) is 4.13. The lowest BCUT2D eigenvalue weighted by Crippen LogP contribution is -2.17. The molecule has 0 radical (unpaired) electrons. The first kappa shape index (κ1) is 16.9. The normalized spacial score (nSPS) is 16.4. The SMILES string of the molecule is Cc1ccc(NC(=O)c2ccnc(OC3CCOC3)c2)cc1C(=O)O. The minimum absolute atomic E-state index is 0.0546. The molecule has 2 aromatic rings. The van der Waals surface area contributed by atoms with E-state index in [-0.39, 0.29) is 17.6 Å². The maximum Gasteiger partial charge on any atom is 0.336 e. The van der Waals surface area contributed by atoms with Crippen molar-refractivity contribution in [2.24, 2.45) is 0 Å². The molecule has 1 fully saturated rings. The molecule has 0 spiro atoms. The van der Waals surface area contributed by atoms with Crippen molar-refractivity contribution in [3.8, 4) is 5.88 Å². The fraction of sp³-hybridized carbons (Fsp3) is 0.278. The van der Waals surface area contributed by atoms with Crippen molar-refractivity contribution >= 4 is 17.6 Å². The Hall–Kier alpha value is -2.93. The summed E-state index contributed by atoms with van der Waals surface area (Å²) in [6.45, 7) is 2.87. The van der Waals surface area contributed by atoms with Gasteiger partial charge in [-0.2, -0.15) is 0 Å². The fourth-order valence-corrected chi connectivity index (χ4v) is 2.53. The number of pyridine rings is 1. The quantitative estimate of drug-likeness (QED) is 0.866. The van der Waals surface area contributed by atoms with E-state index in [1.807, 2.05) is 0 Å². The summed E-state index contributed by atoms with van der Waals surface area (Å²) in [6.07, 6.45) is 2.23. The van der Waals surface area contributed by atoms with Gasteiger partial charge in [0.25, 0.3) is 5.91 Å². The highest BCUT2D eigenvalue weighted by Crippen LogP contribution is 2.19. The summed E-state index contributed by atoms with van der Waals surface area (Å²) < 4.78 is 10.9. The first-order valence-corrected chi connectivity index (χ1v) is 7.88. The number of aromatic carboxylic acids is 1. The number of amides is 1. The summed E-state index contributed by atoms with van der Waals surface area (Å²) in [5.74, 6) is -1.04. The number of benzene rings is 1. The van der Waals surface area contributed by atoms with Crippen LogP contribution >= 0.6 is 0 Å². The molecule has 25 heavy (non-hydrogen) atoms. The predicted octanol–water partition coefficient (Wildman–Crippen LogP) is 2.51. The molecule has 2 heterocycles. The summed E-state index contributed by atoms with van der Waals surface area (Å²) in [4.78, 5) is 27.7. The number of carbonyl (C=O) groups is 2. The summed E-state index contributed by atoms with van der Waals surface area (Å²) in [5.41, 5.74) is 1.57. The zero-order valence-corrected chi connectivity index (χ0v) is 13.7. The van der Waals surface area contributed by atoms with Crippen LogP contribution in [0.25, 0.3) is 0 Å². The zero-order valence-electron chi connectivity index (χ0n) is 13.7.